The number of ether oxygens (including phenoxy) is 3. The molecule has 1 aromatic carbocycles. The van der Waals surface area contributed by atoms with Crippen molar-refractivity contribution in [2.75, 3.05) is 13.2 Å². The Morgan fingerprint density at radius 3 is 2.70 bits per heavy atom. The van der Waals surface area contributed by atoms with Gasteiger partial charge in [0.1, 0.15) is 29.5 Å². The van der Waals surface area contributed by atoms with Gasteiger partial charge in [-0.15, -0.1) is 0 Å². The Kier molecular flexibility index (Phi) is 8.17. The first-order chi connectivity index (χ1) is 15.6. The number of fused-ring (bicyclic) bond motifs is 1. The molecule has 1 saturated heterocycles. The van der Waals surface area contributed by atoms with Crippen molar-refractivity contribution in [3.05, 3.63) is 17.7 Å². The molecular weight excluding hydrogens is 448 g/mol. The first kappa shape index (κ1) is 25.2. The summed E-state index contributed by atoms with van der Waals surface area (Å²) in [5.74, 6) is -2.47. The van der Waals surface area contributed by atoms with Crippen LogP contribution in [0.1, 0.15) is 39.5 Å². The lowest BCUT2D eigenvalue weighted by Gasteiger charge is -2.32. The zero-order chi connectivity index (χ0) is 24.3. The van der Waals surface area contributed by atoms with E-state index in [4.69, 9.17) is 9.47 Å². The molecule has 0 aliphatic carbocycles. The van der Waals surface area contributed by atoms with E-state index in [-0.39, 0.29) is 35.4 Å². The number of carbonyl (C=O) groups is 1. The van der Waals surface area contributed by atoms with Crippen LogP contribution in [-0.2, 0) is 16.6 Å². The number of alkyl halides is 2. The highest BCUT2D eigenvalue weighted by molar-refractivity contribution is 5.80. The summed E-state index contributed by atoms with van der Waals surface area (Å²) >= 11 is 0. The molecule has 0 spiro atoms. The summed E-state index contributed by atoms with van der Waals surface area (Å²) in [5.41, 5.74) is -0.572. The van der Waals surface area contributed by atoms with Gasteiger partial charge in [0, 0.05) is 19.5 Å². The number of nitrogens with zero attached hydrogens (tertiary/aromatic N) is 2. The number of ketones is 1. The molecule has 184 valence electrons. The normalized spacial score (nSPS) is 20.8. The molecule has 0 bridgehead atoms. The highest BCUT2D eigenvalue weighted by Crippen LogP contribution is 2.33. The zero-order valence-electron chi connectivity index (χ0n) is 18.7. The van der Waals surface area contributed by atoms with Crippen LogP contribution in [0.4, 0.5) is 17.6 Å². The Balaban J connectivity index is 1.65. The van der Waals surface area contributed by atoms with Gasteiger partial charge in [-0.1, -0.05) is 6.92 Å². The Labute approximate surface area is 188 Å². The van der Waals surface area contributed by atoms with E-state index in [0.29, 0.717) is 31.7 Å². The molecule has 0 amide bonds. The predicted molar refractivity (Wildman–Crippen MR) is 111 cm³/mol. The molecule has 1 aliphatic heterocycles. The van der Waals surface area contributed by atoms with Gasteiger partial charge < -0.3 is 24.1 Å². The van der Waals surface area contributed by atoms with Gasteiger partial charge in [0.25, 0.3) is 12.4 Å². The Morgan fingerprint density at radius 1 is 1.36 bits per heavy atom. The number of carbonyl (C=O) groups excluding carboxylic acids is 1. The van der Waals surface area contributed by atoms with E-state index in [1.165, 1.54) is 18.5 Å². The van der Waals surface area contributed by atoms with Crippen molar-refractivity contribution in [1.29, 1.82) is 0 Å². The molecule has 2 aromatic rings. The quantitative estimate of drug-likeness (QED) is 0.526. The first-order valence-electron chi connectivity index (χ1n) is 10.8. The summed E-state index contributed by atoms with van der Waals surface area (Å²) in [6, 6.07) is 0.621. The summed E-state index contributed by atoms with van der Waals surface area (Å²) in [7, 11) is 1.41. The van der Waals surface area contributed by atoms with Gasteiger partial charge in [0.15, 0.2) is 17.4 Å². The van der Waals surface area contributed by atoms with Crippen LogP contribution in [0.5, 0.6) is 11.8 Å². The molecule has 33 heavy (non-hydrogen) atoms. The smallest absolute Gasteiger partial charge is 0.297 e. The van der Waals surface area contributed by atoms with Gasteiger partial charge in [-0.3, -0.25) is 4.57 Å². The number of aliphatic hydroxyl groups is 1. The second-order valence-electron chi connectivity index (χ2n) is 8.53. The van der Waals surface area contributed by atoms with Crippen molar-refractivity contribution in [2.45, 2.75) is 64.3 Å². The van der Waals surface area contributed by atoms with Gasteiger partial charge in [-0.25, -0.2) is 17.6 Å². The van der Waals surface area contributed by atoms with Crippen molar-refractivity contribution in [1.82, 2.24) is 9.55 Å². The molecule has 4 atom stereocenters. The van der Waals surface area contributed by atoms with Crippen LogP contribution in [0.3, 0.4) is 0 Å². The fourth-order valence-corrected chi connectivity index (χ4v) is 4.05. The van der Waals surface area contributed by atoms with Crippen molar-refractivity contribution in [2.24, 2.45) is 13.0 Å². The fraction of sp³-hybridized carbons (Fsp3) is 0.636. The lowest BCUT2D eigenvalue weighted by atomic mass is 9.92. The van der Waals surface area contributed by atoms with Crippen LogP contribution in [0.2, 0.25) is 0 Å². The summed E-state index contributed by atoms with van der Waals surface area (Å²) in [5, 5.41) is 10.4. The zero-order valence-corrected chi connectivity index (χ0v) is 18.7. The molecule has 2 heterocycles. The van der Waals surface area contributed by atoms with Gasteiger partial charge in [-0.05, 0) is 32.1 Å². The van der Waals surface area contributed by atoms with Crippen LogP contribution < -0.4 is 9.47 Å². The number of aliphatic hydroxyl groups excluding tert-OH is 1. The van der Waals surface area contributed by atoms with E-state index in [9.17, 15) is 27.5 Å². The van der Waals surface area contributed by atoms with Gasteiger partial charge in [0.2, 0.25) is 0 Å². The average molecular weight is 476 g/mol. The van der Waals surface area contributed by atoms with Crippen molar-refractivity contribution in [3.8, 4) is 11.8 Å². The topological polar surface area (TPSA) is 82.8 Å². The van der Waals surface area contributed by atoms with Gasteiger partial charge in [0.05, 0.1) is 18.8 Å². The summed E-state index contributed by atoms with van der Waals surface area (Å²) in [6.07, 6.45) is -2.57. The number of aromatic nitrogens is 2. The monoisotopic (exact) mass is 476 g/mol. The van der Waals surface area contributed by atoms with Crippen molar-refractivity contribution < 1.29 is 41.7 Å². The summed E-state index contributed by atoms with van der Waals surface area (Å²) < 4.78 is 71.3. The van der Waals surface area contributed by atoms with E-state index >= 15 is 0 Å². The molecular formula is C22H28F4N2O5. The van der Waals surface area contributed by atoms with Crippen molar-refractivity contribution in [3.63, 3.8) is 0 Å². The highest BCUT2D eigenvalue weighted by Gasteiger charge is 2.31. The standard InChI is InChI=1S/C22H28F4N2O5/c1-11(6-12(2)29)7-15(30)16-5-4-13(9-31-16)33-22-27-20-14(23)8-17(32-10-18(24)25)19(26)21(20)28(22)3/h8,11,13,15-16,18,30H,4-7,9-10H2,1-3H3/t11-,13-,15?,16+/m1/s1. The van der Waals surface area contributed by atoms with Crippen molar-refractivity contribution >= 4 is 16.8 Å². The third-order valence-corrected chi connectivity index (χ3v) is 5.58. The SMILES string of the molecule is CC(=O)C[C@@H](C)CC(O)[C@@H]1CC[C@@H](Oc2nc3c(F)cc(OCC(F)F)c(F)c3n2C)CO1. The second-order valence-corrected chi connectivity index (χ2v) is 8.53. The van der Waals surface area contributed by atoms with E-state index in [0.717, 1.165) is 0 Å². The molecule has 11 heteroatoms. The minimum absolute atomic E-state index is 0.0365. The average Bonchev–Trinajstić information content (AvgIpc) is 3.06. The number of imidazole rings is 1. The van der Waals surface area contributed by atoms with Crippen LogP contribution in [0.25, 0.3) is 11.0 Å². The number of aryl methyl sites for hydroxylation is 1. The highest BCUT2D eigenvalue weighted by atomic mass is 19.3. The largest absolute Gasteiger partial charge is 0.484 e. The number of rotatable bonds is 10. The molecule has 1 fully saturated rings. The number of hydrogen-bond donors (Lipinski definition) is 1. The van der Waals surface area contributed by atoms with E-state index in [1.807, 2.05) is 6.92 Å². The molecule has 1 aromatic heterocycles. The Hall–Kier alpha value is -2.40. The molecule has 0 saturated carbocycles. The number of hydrogen-bond acceptors (Lipinski definition) is 6. The predicted octanol–water partition coefficient (Wildman–Crippen LogP) is 3.79. The molecule has 0 radical (unpaired) electrons. The summed E-state index contributed by atoms with van der Waals surface area (Å²) in [4.78, 5) is 15.2. The Morgan fingerprint density at radius 2 is 2.09 bits per heavy atom. The van der Waals surface area contributed by atoms with Gasteiger partial charge in [-0.2, -0.15) is 4.98 Å². The van der Waals surface area contributed by atoms with Crippen LogP contribution in [0.15, 0.2) is 6.07 Å². The van der Waals surface area contributed by atoms with Crippen LogP contribution in [0, 0.1) is 17.6 Å². The lowest BCUT2D eigenvalue weighted by Crippen LogP contribution is -2.40. The third-order valence-electron chi connectivity index (χ3n) is 5.58. The minimum Gasteiger partial charge on any atom is -0.484 e. The maximum absolute atomic E-state index is 14.7. The Bertz CT molecular complexity index is 976. The van der Waals surface area contributed by atoms with Gasteiger partial charge >= 0.3 is 0 Å². The van der Waals surface area contributed by atoms with E-state index < -0.39 is 48.7 Å². The first-order valence-corrected chi connectivity index (χ1v) is 10.8. The number of Topliss-reactive ketones (excluding diaryl/α,β-unsaturated/α-hetero) is 1. The van der Waals surface area contributed by atoms with Crippen LogP contribution in [-0.4, -0.2) is 58.4 Å². The summed E-state index contributed by atoms with van der Waals surface area (Å²) in [6.45, 7) is 2.48. The van der Waals surface area contributed by atoms with E-state index in [1.54, 1.807) is 0 Å². The molecule has 7 nitrogen and oxygen atoms in total. The third kappa shape index (κ3) is 6.14. The molecule has 3 rings (SSSR count). The molecule has 1 N–H and O–H groups in total. The lowest BCUT2D eigenvalue weighted by molar-refractivity contribution is -0.119. The number of benzene rings is 1. The van der Waals surface area contributed by atoms with E-state index in [2.05, 4.69) is 9.72 Å². The second kappa shape index (κ2) is 10.7. The molecule has 1 unspecified atom stereocenters. The maximum atomic E-state index is 14.7. The minimum atomic E-state index is -2.83. The fourth-order valence-electron chi connectivity index (χ4n) is 4.05. The van der Waals surface area contributed by atoms with Crippen LogP contribution >= 0.6 is 0 Å². The number of halogens is 4. The molecule has 1 aliphatic rings. The maximum Gasteiger partial charge on any atom is 0.297 e.